The molecule has 0 bridgehead atoms. The summed E-state index contributed by atoms with van der Waals surface area (Å²) in [6.07, 6.45) is 0. The zero-order valence-electron chi connectivity index (χ0n) is 17.2. The molecule has 0 aromatic heterocycles. The van der Waals surface area contributed by atoms with Crippen molar-refractivity contribution in [3.05, 3.63) is 71.8 Å². The number of ether oxygens (including phenoxy) is 2. The number of thioether (sulfide) groups is 1. The third-order valence-corrected chi connectivity index (χ3v) is 5.36. The lowest BCUT2D eigenvalue weighted by Crippen LogP contribution is -2.45. The highest BCUT2D eigenvalue weighted by Gasteiger charge is 2.26. The summed E-state index contributed by atoms with van der Waals surface area (Å²) in [6.45, 7) is 0. The van der Waals surface area contributed by atoms with Gasteiger partial charge in [0.1, 0.15) is 12.1 Å². The van der Waals surface area contributed by atoms with Crippen LogP contribution in [0.3, 0.4) is 0 Å². The summed E-state index contributed by atoms with van der Waals surface area (Å²) in [7, 11) is 2.46. The van der Waals surface area contributed by atoms with E-state index in [0.29, 0.717) is 11.1 Å². The van der Waals surface area contributed by atoms with E-state index in [1.165, 1.54) is 26.0 Å². The number of benzene rings is 2. The summed E-state index contributed by atoms with van der Waals surface area (Å²) in [5.41, 5.74) is 0.813. The van der Waals surface area contributed by atoms with Crippen molar-refractivity contribution < 1.29 is 28.7 Å². The van der Waals surface area contributed by atoms with Gasteiger partial charge in [-0.3, -0.25) is 9.59 Å². The van der Waals surface area contributed by atoms with Crippen LogP contribution in [0.25, 0.3) is 0 Å². The molecule has 2 amide bonds. The Balaban J connectivity index is 1.98. The van der Waals surface area contributed by atoms with Gasteiger partial charge in [0.05, 0.1) is 14.2 Å². The number of hydrogen-bond acceptors (Lipinski definition) is 7. The third-order valence-electron chi connectivity index (χ3n) is 4.22. The molecule has 0 fully saturated rings. The van der Waals surface area contributed by atoms with Crippen molar-refractivity contribution in [1.82, 2.24) is 10.6 Å². The van der Waals surface area contributed by atoms with Crippen LogP contribution in [0.5, 0.6) is 0 Å². The fraction of sp³-hybridized carbons (Fsp3) is 0.273. The second-order valence-corrected chi connectivity index (χ2v) is 7.44. The third kappa shape index (κ3) is 7.45. The number of carbonyl (C=O) groups is 4. The lowest BCUT2D eigenvalue weighted by atomic mass is 10.2. The van der Waals surface area contributed by atoms with Crippen LogP contribution in [0.2, 0.25) is 0 Å². The van der Waals surface area contributed by atoms with Crippen molar-refractivity contribution in [1.29, 1.82) is 0 Å². The molecular weight excluding hydrogens is 420 g/mol. The standard InChI is InChI=1S/C22H24N2O6S/c1-29-21(27)17(23-19(25)15-9-5-3-6-10-15)13-31-14-18(22(28)30-2)24-20(26)16-11-7-4-8-12-16/h3-12,17-18H,13-14H2,1-2H3,(H,23,25)(H,24,26)/t17-,18+. The highest BCUT2D eigenvalue weighted by molar-refractivity contribution is 7.99. The number of carbonyl (C=O) groups excluding carboxylic acids is 4. The fourth-order valence-electron chi connectivity index (χ4n) is 2.59. The maximum Gasteiger partial charge on any atom is 0.329 e. The van der Waals surface area contributed by atoms with Gasteiger partial charge in [0.2, 0.25) is 0 Å². The van der Waals surface area contributed by atoms with Gasteiger partial charge >= 0.3 is 11.9 Å². The van der Waals surface area contributed by atoms with Crippen LogP contribution in [0.1, 0.15) is 20.7 Å². The molecule has 2 N–H and O–H groups in total. The Bertz CT molecular complexity index is 818. The summed E-state index contributed by atoms with van der Waals surface area (Å²) >= 11 is 1.20. The van der Waals surface area contributed by atoms with Crippen molar-refractivity contribution in [2.75, 3.05) is 25.7 Å². The lowest BCUT2D eigenvalue weighted by Gasteiger charge is -2.19. The van der Waals surface area contributed by atoms with E-state index in [4.69, 9.17) is 9.47 Å². The molecule has 0 saturated carbocycles. The highest BCUT2D eigenvalue weighted by atomic mass is 32.2. The van der Waals surface area contributed by atoms with E-state index in [2.05, 4.69) is 10.6 Å². The average molecular weight is 445 g/mol. The van der Waals surface area contributed by atoms with E-state index in [1.807, 2.05) is 0 Å². The normalized spacial score (nSPS) is 12.2. The first-order valence-electron chi connectivity index (χ1n) is 9.41. The molecule has 2 aromatic carbocycles. The maximum absolute atomic E-state index is 12.4. The van der Waals surface area contributed by atoms with Crippen molar-refractivity contribution in [3.8, 4) is 0 Å². The molecule has 2 aromatic rings. The van der Waals surface area contributed by atoms with Crippen LogP contribution in [-0.2, 0) is 19.1 Å². The summed E-state index contributed by atoms with van der Waals surface area (Å²) in [4.78, 5) is 48.9. The van der Waals surface area contributed by atoms with E-state index in [-0.39, 0.29) is 11.5 Å². The second-order valence-electron chi connectivity index (χ2n) is 6.37. The van der Waals surface area contributed by atoms with E-state index in [0.717, 1.165) is 0 Å². The van der Waals surface area contributed by atoms with Crippen LogP contribution < -0.4 is 10.6 Å². The Labute approximate surface area is 184 Å². The van der Waals surface area contributed by atoms with Gasteiger partial charge in [-0.1, -0.05) is 36.4 Å². The number of hydrogen-bond donors (Lipinski definition) is 2. The quantitative estimate of drug-likeness (QED) is 0.536. The first-order valence-corrected chi connectivity index (χ1v) is 10.6. The Morgan fingerprint density at radius 3 is 1.39 bits per heavy atom. The monoisotopic (exact) mass is 444 g/mol. The number of amides is 2. The summed E-state index contributed by atoms with van der Waals surface area (Å²) in [6, 6.07) is 15.1. The lowest BCUT2D eigenvalue weighted by molar-refractivity contribution is -0.142. The molecule has 0 aliphatic rings. The van der Waals surface area contributed by atoms with Gasteiger partial charge in [-0.05, 0) is 24.3 Å². The van der Waals surface area contributed by atoms with Gasteiger partial charge in [0.15, 0.2) is 0 Å². The van der Waals surface area contributed by atoms with Gasteiger partial charge in [-0.15, -0.1) is 0 Å². The molecule has 8 nitrogen and oxygen atoms in total. The molecule has 0 unspecified atom stereocenters. The highest BCUT2D eigenvalue weighted by Crippen LogP contribution is 2.10. The molecule has 9 heteroatoms. The van der Waals surface area contributed by atoms with Crippen LogP contribution in [0, 0.1) is 0 Å². The molecule has 31 heavy (non-hydrogen) atoms. The summed E-state index contributed by atoms with van der Waals surface area (Å²) in [5, 5.41) is 5.26. The van der Waals surface area contributed by atoms with Crippen LogP contribution >= 0.6 is 11.8 Å². The Kier molecular flexibility index (Phi) is 9.57. The topological polar surface area (TPSA) is 111 Å². The molecule has 2 atom stereocenters. The number of esters is 2. The number of methoxy groups -OCH3 is 2. The minimum absolute atomic E-state index is 0.139. The minimum atomic E-state index is -0.925. The van der Waals surface area contributed by atoms with E-state index >= 15 is 0 Å². The van der Waals surface area contributed by atoms with Crippen LogP contribution in [-0.4, -0.2) is 61.6 Å². The van der Waals surface area contributed by atoms with E-state index in [9.17, 15) is 19.2 Å². The molecule has 0 aliphatic heterocycles. The molecule has 0 spiro atoms. The van der Waals surface area contributed by atoms with Gasteiger partial charge in [0, 0.05) is 22.6 Å². The first-order chi connectivity index (χ1) is 15.0. The van der Waals surface area contributed by atoms with Gasteiger partial charge < -0.3 is 20.1 Å². The Morgan fingerprint density at radius 2 is 1.06 bits per heavy atom. The molecule has 2 rings (SSSR count). The van der Waals surface area contributed by atoms with E-state index in [1.54, 1.807) is 60.7 Å². The minimum Gasteiger partial charge on any atom is -0.467 e. The first kappa shape index (κ1) is 23.9. The SMILES string of the molecule is COC(=O)[C@H](CSC[C@@H](NC(=O)c1ccccc1)C(=O)OC)NC(=O)c1ccccc1. The number of nitrogens with one attached hydrogen (secondary N) is 2. The Morgan fingerprint density at radius 1 is 0.710 bits per heavy atom. The maximum atomic E-state index is 12.4. The predicted molar refractivity (Wildman–Crippen MR) is 117 cm³/mol. The molecule has 0 saturated heterocycles. The average Bonchev–Trinajstić information content (AvgIpc) is 2.82. The zero-order chi connectivity index (χ0) is 22.6. The van der Waals surface area contributed by atoms with Crippen molar-refractivity contribution >= 4 is 35.5 Å². The molecule has 0 radical (unpaired) electrons. The largest absolute Gasteiger partial charge is 0.467 e. The Hall–Kier alpha value is -3.33. The zero-order valence-corrected chi connectivity index (χ0v) is 18.0. The fourth-order valence-corrected chi connectivity index (χ4v) is 3.63. The van der Waals surface area contributed by atoms with Crippen LogP contribution in [0.15, 0.2) is 60.7 Å². The molecule has 0 heterocycles. The molecule has 0 aliphatic carbocycles. The summed E-state index contributed by atoms with van der Waals surface area (Å²) in [5.74, 6) is -1.78. The van der Waals surface area contributed by atoms with Gasteiger partial charge in [0.25, 0.3) is 11.8 Å². The van der Waals surface area contributed by atoms with Gasteiger partial charge in [-0.2, -0.15) is 11.8 Å². The second kappa shape index (κ2) is 12.4. The summed E-state index contributed by atoms with van der Waals surface area (Å²) < 4.78 is 9.54. The van der Waals surface area contributed by atoms with Crippen molar-refractivity contribution in [3.63, 3.8) is 0 Å². The predicted octanol–water partition coefficient (Wildman–Crippen LogP) is 1.66. The molecule has 164 valence electrons. The van der Waals surface area contributed by atoms with Crippen molar-refractivity contribution in [2.24, 2.45) is 0 Å². The van der Waals surface area contributed by atoms with Gasteiger partial charge in [-0.25, -0.2) is 9.59 Å². The number of rotatable bonds is 10. The smallest absolute Gasteiger partial charge is 0.329 e. The van der Waals surface area contributed by atoms with E-state index < -0.39 is 35.8 Å². The molecular formula is C22H24N2O6S. The van der Waals surface area contributed by atoms with Crippen molar-refractivity contribution in [2.45, 2.75) is 12.1 Å². The van der Waals surface area contributed by atoms with Crippen LogP contribution in [0.4, 0.5) is 0 Å².